The molecular weight excluding hydrogens is 194 g/mol. The van der Waals surface area contributed by atoms with E-state index in [0.717, 1.165) is 0 Å². The molecule has 0 bridgehead atoms. The maximum atomic E-state index is 10.1. The molecule has 0 radical (unpaired) electrons. The zero-order valence-corrected chi connectivity index (χ0v) is 8.02. The third-order valence-electron chi connectivity index (χ3n) is 1.01. The predicted molar refractivity (Wildman–Crippen MR) is 41.0 cm³/mol. The standard InChI is InChI=1S/C3H12O6P2/c1-3(2)10(4,5)9-11(6,7)8/h3-5,10H,1-2H3,(H2,6,7,8). The Bertz CT molecular complexity index is 171. The molecule has 0 spiro atoms. The van der Waals surface area contributed by atoms with Gasteiger partial charge in [-0.3, -0.25) is 0 Å². The second kappa shape index (κ2) is 3.46. The molecule has 0 aliphatic rings. The van der Waals surface area contributed by atoms with Crippen LogP contribution in [0.25, 0.3) is 0 Å². The van der Waals surface area contributed by atoms with E-state index in [1.54, 1.807) is 0 Å². The van der Waals surface area contributed by atoms with Gasteiger partial charge in [0.25, 0.3) is 0 Å². The van der Waals surface area contributed by atoms with Crippen LogP contribution in [-0.2, 0) is 8.88 Å². The third kappa shape index (κ3) is 4.82. The molecule has 0 rings (SSSR count). The summed E-state index contributed by atoms with van der Waals surface area (Å²) in [6, 6.07) is 0. The molecule has 0 aliphatic heterocycles. The van der Waals surface area contributed by atoms with Crippen molar-refractivity contribution in [3.8, 4) is 0 Å². The molecule has 11 heavy (non-hydrogen) atoms. The van der Waals surface area contributed by atoms with Crippen molar-refractivity contribution in [2.45, 2.75) is 19.5 Å². The van der Waals surface area contributed by atoms with Gasteiger partial charge < -0.3 is 0 Å². The van der Waals surface area contributed by atoms with Crippen molar-refractivity contribution in [2.75, 3.05) is 0 Å². The van der Waals surface area contributed by atoms with E-state index >= 15 is 0 Å². The molecule has 0 aromatic heterocycles. The van der Waals surface area contributed by atoms with E-state index < -0.39 is 21.4 Å². The fourth-order valence-electron chi connectivity index (χ4n) is 0.280. The summed E-state index contributed by atoms with van der Waals surface area (Å²) in [4.78, 5) is 34.2. The normalized spacial score (nSPS) is 15.5. The maximum absolute atomic E-state index is 10.1. The Morgan fingerprint density at radius 1 is 1.36 bits per heavy atom. The van der Waals surface area contributed by atoms with Crippen molar-refractivity contribution >= 4 is 15.8 Å². The van der Waals surface area contributed by atoms with E-state index in [0.29, 0.717) is 0 Å². The molecule has 0 atom stereocenters. The van der Waals surface area contributed by atoms with E-state index in [1.165, 1.54) is 13.8 Å². The van der Waals surface area contributed by atoms with Gasteiger partial charge in [-0.1, -0.05) is 0 Å². The molecule has 0 saturated heterocycles. The van der Waals surface area contributed by atoms with Crippen LogP contribution in [0.3, 0.4) is 0 Å². The molecule has 0 aliphatic carbocycles. The first-order chi connectivity index (χ1) is 4.65. The van der Waals surface area contributed by atoms with E-state index in [1.807, 2.05) is 0 Å². The van der Waals surface area contributed by atoms with Crippen LogP contribution >= 0.6 is 15.8 Å². The first-order valence-corrected chi connectivity index (χ1v) is 6.27. The van der Waals surface area contributed by atoms with Gasteiger partial charge in [0.05, 0.1) is 0 Å². The van der Waals surface area contributed by atoms with Gasteiger partial charge in [0.2, 0.25) is 0 Å². The quantitative estimate of drug-likeness (QED) is 0.483. The van der Waals surface area contributed by atoms with Crippen molar-refractivity contribution in [3.05, 3.63) is 0 Å². The Labute approximate surface area is 64.7 Å². The molecule has 70 valence electrons. The third-order valence-corrected chi connectivity index (χ3v) is 4.54. The van der Waals surface area contributed by atoms with Gasteiger partial charge in [0.1, 0.15) is 0 Å². The van der Waals surface area contributed by atoms with Crippen LogP contribution in [0.5, 0.6) is 0 Å². The summed E-state index contributed by atoms with van der Waals surface area (Å²) in [7, 11) is -8.96. The summed E-state index contributed by atoms with van der Waals surface area (Å²) in [6.07, 6.45) is 0. The second-order valence-corrected chi connectivity index (χ2v) is 6.58. The number of hydrogen-bond acceptors (Lipinski definition) is 4. The Morgan fingerprint density at radius 2 is 1.73 bits per heavy atom. The van der Waals surface area contributed by atoms with Gasteiger partial charge in [-0.2, -0.15) is 0 Å². The average molecular weight is 206 g/mol. The number of phosphoric acid groups is 1. The molecule has 4 N–H and O–H groups in total. The number of hydrogen-bond donors (Lipinski definition) is 4. The molecule has 0 heterocycles. The van der Waals surface area contributed by atoms with Crippen LogP contribution in [-0.4, -0.2) is 25.2 Å². The van der Waals surface area contributed by atoms with Crippen LogP contribution in [0.2, 0.25) is 0 Å². The molecule has 6 nitrogen and oxygen atoms in total. The second-order valence-electron chi connectivity index (χ2n) is 2.40. The Hall–Kier alpha value is 0.460. The molecule has 0 amide bonds. The van der Waals surface area contributed by atoms with Crippen LogP contribution < -0.4 is 0 Å². The Balaban J connectivity index is 4.25. The topological polar surface area (TPSA) is 107 Å². The fraction of sp³-hybridized carbons (Fsp3) is 1.00. The Morgan fingerprint density at radius 3 is 1.82 bits per heavy atom. The van der Waals surface area contributed by atoms with E-state index in [-0.39, 0.29) is 0 Å². The van der Waals surface area contributed by atoms with Gasteiger partial charge >= 0.3 is 63.7 Å². The molecule has 0 aromatic carbocycles. The van der Waals surface area contributed by atoms with Gasteiger partial charge in [-0.25, -0.2) is 0 Å². The van der Waals surface area contributed by atoms with Crippen molar-refractivity contribution in [1.29, 1.82) is 0 Å². The van der Waals surface area contributed by atoms with Gasteiger partial charge in [0, 0.05) is 0 Å². The van der Waals surface area contributed by atoms with Crippen molar-refractivity contribution in [3.63, 3.8) is 0 Å². The van der Waals surface area contributed by atoms with Crippen LogP contribution in [0.15, 0.2) is 0 Å². The zero-order chi connectivity index (χ0) is 9.28. The summed E-state index contributed by atoms with van der Waals surface area (Å²) in [6.45, 7) is 2.81. The molecule has 0 fully saturated rings. The summed E-state index contributed by atoms with van der Waals surface area (Å²) < 4.78 is 13.9. The summed E-state index contributed by atoms with van der Waals surface area (Å²) in [5.74, 6) is 0. The van der Waals surface area contributed by atoms with Crippen molar-refractivity contribution in [2.24, 2.45) is 0 Å². The number of rotatable bonds is 3. The molecule has 0 saturated carbocycles. The first kappa shape index (κ1) is 11.5. The van der Waals surface area contributed by atoms with Crippen molar-refractivity contribution in [1.82, 2.24) is 0 Å². The zero-order valence-electron chi connectivity index (χ0n) is 6.13. The molecular formula is C3H12O6P2. The average Bonchev–Trinajstić information content (AvgIpc) is 1.56. The Kier molecular flexibility index (Phi) is 3.60. The van der Waals surface area contributed by atoms with E-state index in [2.05, 4.69) is 4.31 Å². The van der Waals surface area contributed by atoms with Crippen LogP contribution in [0.4, 0.5) is 0 Å². The molecule has 0 unspecified atom stereocenters. The minimum atomic E-state index is -4.78. The van der Waals surface area contributed by atoms with Crippen LogP contribution in [0, 0.1) is 0 Å². The van der Waals surface area contributed by atoms with Crippen molar-refractivity contribution < 1.29 is 28.4 Å². The summed E-state index contributed by atoms with van der Waals surface area (Å²) >= 11 is 0. The first-order valence-electron chi connectivity index (χ1n) is 2.86. The minimum absolute atomic E-state index is 0.685. The van der Waals surface area contributed by atoms with E-state index in [4.69, 9.17) is 19.6 Å². The molecule has 0 aromatic rings. The summed E-state index contributed by atoms with van der Waals surface area (Å²) in [5.41, 5.74) is -0.685. The van der Waals surface area contributed by atoms with Gasteiger partial charge in [-0.15, -0.1) is 0 Å². The fourth-order valence-corrected chi connectivity index (χ4v) is 2.52. The SMILES string of the molecule is CC(C)[PH](O)(O)OP(=O)(O)O. The van der Waals surface area contributed by atoms with Crippen LogP contribution in [0.1, 0.15) is 13.8 Å². The predicted octanol–water partition coefficient (Wildman–Crippen LogP) is -0.0164. The van der Waals surface area contributed by atoms with Gasteiger partial charge in [0.15, 0.2) is 0 Å². The summed E-state index contributed by atoms with van der Waals surface area (Å²) in [5, 5.41) is 0. The van der Waals surface area contributed by atoms with E-state index in [9.17, 15) is 4.57 Å². The monoisotopic (exact) mass is 206 g/mol. The molecule has 8 heteroatoms. The van der Waals surface area contributed by atoms with Gasteiger partial charge in [-0.05, 0) is 0 Å².